The smallest absolute Gasteiger partial charge is 0.248 e. The molecule has 4 rings (SSSR count). The first-order valence-corrected chi connectivity index (χ1v) is 7.34. The molecule has 3 aliphatic heterocycles. The summed E-state index contributed by atoms with van der Waals surface area (Å²) < 4.78 is 5.36. The van der Waals surface area contributed by atoms with Gasteiger partial charge in [-0.05, 0) is 18.9 Å². The molecule has 0 aliphatic carbocycles. The number of piperazine rings is 1. The highest BCUT2D eigenvalue weighted by Gasteiger charge is 2.44. The van der Waals surface area contributed by atoms with Crippen LogP contribution in [0.4, 0.5) is 5.69 Å². The van der Waals surface area contributed by atoms with E-state index in [9.17, 15) is 4.79 Å². The van der Waals surface area contributed by atoms with Crippen LogP contribution in [0.15, 0.2) is 23.1 Å². The summed E-state index contributed by atoms with van der Waals surface area (Å²) in [6.45, 7) is 2.75. The van der Waals surface area contributed by atoms with Gasteiger partial charge in [-0.2, -0.15) is 0 Å². The Kier molecular flexibility index (Phi) is 3.02. The van der Waals surface area contributed by atoms with Crippen LogP contribution >= 0.6 is 0 Å². The highest BCUT2D eigenvalue weighted by atomic mass is 16.5. The van der Waals surface area contributed by atoms with Crippen LogP contribution in [-0.4, -0.2) is 53.9 Å². The van der Waals surface area contributed by atoms with Gasteiger partial charge in [-0.3, -0.25) is 9.69 Å². The van der Waals surface area contributed by atoms with Gasteiger partial charge >= 0.3 is 0 Å². The van der Waals surface area contributed by atoms with Gasteiger partial charge in [0.15, 0.2) is 0 Å². The van der Waals surface area contributed by atoms with Crippen molar-refractivity contribution in [3.63, 3.8) is 0 Å². The van der Waals surface area contributed by atoms with Crippen molar-refractivity contribution in [2.45, 2.75) is 37.1 Å². The first kappa shape index (κ1) is 12.4. The molecule has 1 aromatic rings. The fraction of sp³-hybridized carbons (Fsp3) is 0.643. The molecule has 108 valence electrons. The zero-order valence-electron chi connectivity index (χ0n) is 11.3. The Hall–Kier alpha value is -1.37. The van der Waals surface area contributed by atoms with Crippen molar-refractivity contribution < 1.29 is 4.74 Å². The lowest BCUT2D eigenvalue weighted by molar-refractivity contribution is -0.0871. The van der Waals surface area contributed by atoms with Crippen LogP contribution in [0, 0.1) is 0 Å². The zero-order chi connectivity index (χ0) is 13.5. The summed E-state index contributed by atoms with van der Waals surface area (Å²) >= 11 is 0. The molecule has 3 saturated heterocycles. The molecule has 3 atom stereocenters. The lowest BCUT2D eigenvalue weighted by atomic mass is 10.1. The molecule has 0 aromatic carbocycles. The summed E-state index contributed by atoms with van der Waals surface area (Å²) in [5.41, 5.74) is 0.898. The summed E-state index contributed by atoms with van der Waals surface area (Å²) in [5, 5.41) is 7.26. The Morgan fingerprint density at radius 2 is 2.20 bits per heavy atom. The van der Waals surface area contributed by atoms with Crippen LogP contribution in [0.5, 0.6) is 0 Å². The van der Waals surface area contributed by atoms with Gasteiger partial charge < -0.3 is 20.4 Å². The highest BCUT2D eigenvalue weighted by Crippen LogP contribution is 2.29. The predicted octanol–water partition coefficient (Wildman–Crippen LogP) is -0.0521. The van der Waals surface area contributed by atoms with E-state index in [1.54, 1.807) is 12.3 Å². The minimum Gasteiger partial charge on any atom is -0.378 e. The molecule has 6 heteroatoms. The molecule has 0 amide bonds. The van der Waals surface area contributed by atoms with E-state index in [0.29, 0.717) is 18.1 Å². The lowest BCUT2D eigenvalue weighted by Gasteiger charge is -2.48. The topological polar surface area (TPSA) is 69.4 Å². The van der Waals surface area contributed by atoms with Crippen molar-refractivity contribution in [1.82, 2.24) is 15.2 Å². The molecule has 6 nitrogen and oxygen atoms in total. The van der Waals surface area contributed by atoms with E-state index < -0.39 is 0 Å². The third-order valence-corrected chi connectivity index (χ3v) is 4.63. The van der Waals surface area contributed by atoms with Crippen LogP contribution < -0.4 is 16.2 Å². The normalized spacial score (nSPS) is 33.9. The average Bonchev–Trinajstić information content (AvgIpc) is 2.78. The SMILES string of the molecule is O=c1ccc(NC2C3CCC(CN2C2COC2)N3)c[nH]1. The summed E-state index contributed by atoms with van der Waals surface area (Å²) in [7, 11) is 0. The number of ether oxygens (including phenoxy) is 1. The monoisotopic (exact) mass is 276 g/mol. The standard InChI is InChI=1S/C14H20N4O2/c19-13-4-2-9(5-15-13)17-14-12-3-1-10(16-12)6-18(14)11-7-20-8-11/h2,4-5,10-12,14,16-17H,1,3,6-8H2,(H,15,19). The second-order valence-electron chi connectivity index (χ2n) is 5.97. The number of fused-ring (bicyclic) bond motifs is 2. The highest BCUT2D eigenvalue weighted by molar-refractivity contribution is 5.41. The summed E-state index contributed by atoms with van der Waals surface area (Å²) in [6.07, 6.45) is 4.47. The Morgan fingerprint density at radius 1 is 1.30 bits per heavy atom. The molecule has 20 heavy (non-hydrogen) atoms. The van der Waals surface area contributed by atoms with E-state index >= 15 is 0 Å². The number of anilines is 1. The number of aromatic amines is 1. The first-order chi connectivity index (χ1) is 9.79. The van der Waals surface area contributed by atoms with Gasteiger partial charge in [0, 0.05) is 30.9 Å². The van der Waals surface area contributed by atoms with E-state index in [1.165, 1.54) is 12.8 Å². The number of pyridine rings is 1. The molecule has 0 spiro atoms. The fourth-order valence-electron chi connectivity index (χ4n) is 3.49. The maximum absolute atomic E-state index is 11.1. The number of hydrogen-bond donors (Lipinski definition) is 3. The van der Waals surface area contributed by atoms with E-state index in [4.69, 9.17) is 4.74 Å². The molecular weight excluding hydrogens is 256 g/mol. The van der Waals surface area contributed by atoms with E-state index in [2.05, 4.69) is 20.5 Å². The molecule has 4 heterocycles. The van der Waals surface area contributed by atoms with Crippen molar-refractivity contribution in [2.75, 3.05) is 25.1 Å². The Bertz CT molecular complexity index is 522. The fourth-order valence-corrected chi connectivity index (χ4v) is 3.49. The molecule has 0 saturated carbocycles. The number of nitrogens with one attached hydrogen (secondary N) is 3. The Labute approximate surface area is 117 Å². The minimum atomic E-state index is -0.0671. The van der Waals surface area contributed by atoms with Crippen LogP contribution in [0.25, 0.3) is 0 Å². The summed E-state index contributed by atoms with van der Waals surface area (Å²) in [6, 6.07) is 5.03. The van der Waals surface area contributed by atoms with Crippen LogP contribution in [-0.2, 0) is 4.74 Å². The third kappa shape index (κ3) is 2.13. The van der Waals surface area contributed by atoms with Gasteiger partial charge in [-0.15, -0.1) is 0 Å². The van der Waals surface area contributed by atoms with Gasteiger partial charge in [0.2, 0.25) is 5.56 Å². The number of likely N-dealkylation sites (tertiary alicyclic amines) is 1. The number of nitrogens with zero attached hydrogens (tertiary/aromatic N) is 1. The third-order valence-electron chi connectivity index (χ3n) is 4.63. The van der Waals surface area contributed by atoms with Gasteiger partial charge in [0.25, 0.3) is 0 Å². The number of hydrogen-bond acceptors (Lipinski definition) is 5. The molecule has 1 aromatic heterocycles. The van der Waals surface area contributed by atoms with Crippen molar-refractivity contribution >= 4 is 5.69 Å². The minimum absolute atomic E-state index is 0.0671. The number of H-pyrrole nitrogens is 1. The second-order valence-corrected chi connectivity index (χ2v) is 5.97. The van der Waals surface area contributed by atoms with Crippen LogP contribution in [0.2, 0.25) is 0 Å². The van der Waals surface area contributed by atoms with E-state index in [1.807, 2.05) is 6.07 Å². The Morgan fingerprint density at radius 3 is 2.90 bits per heavy atom. The van der Waals surface area contributed by atoms with Crippen LogP contribution in [0.1, 0.15) is 12.8 Å². The number of aromatic nitrogens is 1. The average molecular weight is 276 g/mol. The van der Waals surface area contributed by atoms with Crippen molar-refractivity contribution in [3.8, 4) is 0 Å². The maximum atomic E-state index is 11.1. The first-order valence-electron chi connectivity index (χ1n) is 7.34. The molecule has 3 aliphatic rings. The second kappa shape index (κ2) is 4.87. The van der Waals surface area contributed by atoms with Crippen LogP contribution in [0.3, 0.4) is 0 Å². The quantitative estimate of drug-likeness (QED) is 0.722. The lowest BCUT2D eigenvalue weighted by Crippen LogP contribution is -2.66. The van der Waals surface area contributed by atoms with Gasteiger partial charge in [0.05, 0.1) is 31.1 Å². The van der Waals surface area contributed by atoms with Gasteiger partial charge in [-0.1, -0.05) is 0 Å². The largest absolute Gasteiger partial charge is 0.378 e. The molecule has 3 N–H and O–H groups in total. The van der Waals surface area contributed by atoms with Crippen molar-refractivity contribution in [2.24, 2.45) is 0 Å². The number of rotatable bonds is 3. The molecule has 3 fully saturated rings. The van der Waals surface area contributed by atoms with Gasteiger partial charge in [-0.25, -0.2) is 0 Å². The summed E-state index contributed by atoms with van der Waals surface area (Å²) in [5.74, 6) is 0. The maximum Gasteiger partial charge on any atom is 0.248 e. The Balaban J connectivity index is 1.55. The molecule has 3 unspecified atom stereocenters. The molecule has 0 radical (unpaired) electrons. The summed E-state index contributed by atoms with van der Waals surface area (Å²) in [4.78, 5) is 16.4. The van der Waals surface area contributed by atoms with Crippen molar-refractivity contribution in [3.05, 3.63) is 28.7 Å². The molecule has 2 bridgehead atoms. The van der Waals surface area contributed by atoms with Crippen molar-refractivity contribution in [1.29, 1.82) is 0 Å². The van der Waals surface area contributed by atoms with Gasteiger partial charge in [0.1, 0.15) is 0 Å². The molecular formula is C14H20N4O2. The van der Waals surface area contributed by atoms with E-state index in [0.717, 1.165) is 25.4 Å². The van der Waals surface area contributed by atoms with E-state index in [-0.39, 0.29) is 11.7 Å². The predicted molar refractivity (Wildman–Crippen MR) is 75.7 cm³/mol. The zero-order valence-corrected chi connectivity index (χ0v) is 11.3.